The van der Waals surface area contributed by atoms with Crippen LogP contribution in [-0.2, 0) is 15.1 Å². The molecule has 3 aromatic rings. The summed E-state index contributed by atoms with van der Waals surface area (Å²) in [5.41, 5.74) is 0.401. The molecular formula is C26H25N5O6S. The zero-order valence-electron chi connectivity index (χ0n) is 20.9. The van der Waals surface area contributed by atoms with E-state index in [1.54, 1.807) is 0 Å². The Kier molecular flexibility index (Phi) is 6.35. The van der Waals surface area contributed by atoms with Gasteiger partial charge in [0, 0.05) is 12.1 Å². The molecule has 0 bridgehead atoms. The van der Waals surface area contributed by atoms with Gasteiger partial charge in [0.2, 0.25) is 11.8 Å². The largest absolute Gasteiger partial charge is 0.492 e. The van der Waals surface area contributed by atoms with Gasteiger partial charge >= 0.3 is 6.03 Å². The first kappa shape index (κ1) is 25.3. The summed E-state index contributed by atoms with van der Waals surface area (Å²) in [6.07, 6.45) is 0.102. The Morgan fingerprint density at radius 2 is 1.92 bits per heavy atom. The number of anilines is 1. The molecular weight excluding hydrogens is 510 g/mol. The second-order valence-corrected chi connectivity index (χ2v) is 10.5. The van der Waals surface area contributed by atoms with Crippen molar-refractivity contribution >= 4 is 56.9 Å². The summed E-state index contributed by atoms with van der Waals surface area (Å²) in [4.78, 5) is 68.1. The van der Waals surface area contributed by atoms with Crippen molar-refractivity contribution < 1.29 is 28.7 Å². The third-order valence-electron chi connectivity index (χ3n) is 6.34. The number of urea groups is 1. The lowest BCUT2D eigenvalue weighted by Gasteiger charge is -2.27. The van der Waals surface area contributed by atoms with Crippen LogP contribution in [0, 0.1) is 0 Å². The number of rotatable bonds is 6. The number of ether oxygens (including phenoxy) is 1. The maximum Gasteiger partial charge on any atom is 0.319 e. The van der Waals surface area contributed by atoms with Crippen LogP contribution in [0.25, 0.3) is 10.2 Å². The van der Waals surface area contributed by atoms with E-state index in [1.165, 1.54) is 29.5 Å². The Balaban J connectivity index is 1.31. The highest BCUT2D eigenvalue weighted by Crippen LogP contribution is 2.35. The normalized spacial score (nSPS) is 17.4. The summed E-state index contributed by atoms with van der Waals surface area (Å²) in [5.74, 6) is -1.71. The van der Waals surface area contributed by atoms with E-state index in [1.807, 2.05) is 39.0 Å². The monoisotopic (exact) mass is 535 g/mol. The van der Waals surface area contributed by atoms with Crippen LogP contribution < -0.4 is 20.7 Å². The Bertz CT molecular complexity index is 1510. The predicted octanol–water partition coefficient (Wildman–Crippen LogP) is 3.15. The van der Waals surface area contributed by atoms with Gasteiger partial charge in [-0.05, 0) is 57.5 Å². The maximum atomic E-state index is 13.0. The van der Waals surface area contributed by atoms with E-state index in [2.05, 4.69) is 16.0 Å². The van der Waals surface area contributed by atoms with Crippen molar-refractivity contribution in [2.75, 3.05) is 11.9 Å². The van der Waals surface area contributed by atoms with Gasteiger partial charge in [0.1, 0.15) is 22.3 Å². The molecule has 2 aliphatic rings. The van der Waals surface area contributed by atoms with Crippen LogP contribution in [0.3, 0.4) is 0 Å². The SMILES string of the molecule is CCOc1cccc2sc(C(C)(C)NC(=O)Nc3ccc4c(c3)C(=O)N(C3CCC(=O)NC3=O)C4=O)nc12. The summed E-state index contributed by atoms with van der Waals surface area (Å²) >= 11 is 1.45. The minimum absolute atomic E-state index is 0.0359. The second-order valence-electron chi connectivity index (χ2n) is 9.47. The molecule has 0 saturated carbocycles. The van der Waals surface area contributed by atoms with Crippen molar-refractivity contribution in [3.63, 3.8) is 0 Å². The van der Waals surface area contributed by atoms with Crippen LogP contribution in [0.15, 0.2) is 36.4 Å². The van der Waals surface area contributed by atoms with E-state index in [9.17, 15) is 24.0 Å². The molecule has 2 aromatic carbocycles. The summed E-state index contributed by atoms with van der Waals surface area (Å²) in [6, 6.07) is 8.45. The van der Waals surface area contributed by atoms with Crippen LogP contribution >= 0.6 is 11.3 Å². The van der Waals surface area contributed by atoms with Crippen molar-refractivity contribution in [1.82, 2.24) is 20.5 Å². The topological polar surface area (TPSA) is 147 Å². The fourth-order valence-electron chi connectivity index (χ4n) is 4.51. The number of aromatic nitrogens is 1. The van der Waals surface area contributed by atoms with E-state index in [-0.39, 0.29) is 24.0 Å². The van der Waals surface area contributed by atoms with Gasteiger partial charge in [-0.1, -0.05) is 6.07 Å². The van der Waals surface area contributed by atoms with Gasteiger partial charge in [0.25, 0.3) is 11.8 Å². The number of nitrogens with zero attached hydrogens (tertiary/aromatic N) is 2. The van der Waals surface area contributed by atoms with Gasteiger partial charge in [0.05, 0.1) is 28.0 Å². The summed E-state index contributed by atoms with van der Waals surface area (Å²) in [5, 5.41) is 8.45. The first-order valence-electron chi connectivity index (χ1n) is 12.1. The smallest absolute Gasteiger partial charge is 0.319 e. The van der Waals surface area contributed by atoms with Gasteiger partial charge in [-0.15, -0.1) is 11.3 Å². The summed E-state index contributed by atoms with van der Waals surface area (Å²) < 4.78 is 6.60. The molecule has 5 rings (SSSR count). The number of para-hydroxylation sites is 1. The molecule has 38 heavy (non-hydrogen) atoms. The molecule has 1 fully saturated rings. The first-order chi connectivity index (χ1) is 18.1. The first-order valence-corrected chi connectivity index (χ1v) is 12.9. The van der Waals surface area contributed by atoms with Crippen molar-refractivity contribution in [2.45, 2.75) is 45.2 Å². The van der Waals surface area contributed by atoms with E-state index in [0.717, 1.165) is 15.1 Å². The van der Waals surface area contributed by atoms with E-state index in [0.29, 0.717) is 23.1 Å². The number of piperidine rings is 1. The molecule has 12 heteroatoms. The number of thiazole rings is 1. The van der Waals surface area contributed by atoms with E-state index >= 15 is 0 Å². The number of fused-ring (bicyclic) bond motifs is 2. The minimum Gasteiger partial charge on any atom is -0.492 e. The molecule has 196 valence electrons. The van der Waals surface area contributed by atoms with E-state index in [4.69, 9.17) is 9.72 Å². The lowest BCUT2D eigenvalue weighted by atomic mass is 10.0. The van der Waals surface area contributed by atoms with Crippen LogP contribution in [0.2, 0.25) is 0 Å². The number of carbonyl (C=O) groups excluding carboxylic acids is 5. The standard InChI is InChI=1S/C26H25N5O6S/c1-4-37-17-6-5-7-18-20(17)29-24(38-18)26(2,3)30-25(36)27-13-8-9-14-15(12-13)23(35)31(22(14)34)16-10-11-19(32)28-21(16)33/h5-9,12,16H,4,10-11H2,1-3H3,(H2,27,30,36)(H,28,32,33). The zero-order chi connectivity index (χ0) is 27.2. The number of nitrogens with one attached hydrogen (secondary N) is 3. The van der Waals surface area contributed by atoms with Gasteiger partial charge in [0.15, 0.2) is 0 Å². The van der Waals surface area contributed by atoms with Gasteiger partial charge < -0.3 is 15.4 Å². The Labute approximate surface area is 221 Å². The predicted molar refractivity (Wildman–Crippen MR) is 139 cm³/mol. The molecule has 3 N–H and O–H groups in total. The van der Waals surface area contributed by atoms with Crippen molar-refractivity contribution in [3.05, 3.63) is 52.5 Å². The molecule has 3 heterocycles. The molecule has 0 spiro atoms. The number of carbonyl (C=O) groups is 5. The molecule has 11 nitrogen and oxygen atoms in total. The third-order valence-corrected chi connectivity index (χ3v) is 7.68. The second kappa shape index (κ2) is 9.53. The van der Waals surface area contributed by atoms with Crippen molar-refractivity contribution in [3.8, 4) is 5.75 Å². The summed E-state index contributed by atoms with van der Waals surface area (Å²) in [6.45, 7) is 6.06. The molecule has 1 unspecified atom stereocenters. The highest BCUT2D eigenvalue weighted by atomic mass is 32.1. The quantitative estimate of drug-likeness (QED) is 0.411. The molecule has 0 aliphatic carbocycles. The molecule has 1 atom stereocenters. The lowest BCUT2D eigenvalue weighted by molar-refractivity contribution is -0.136. The van der Waals surface area contributed by atoms with Gasteiger partial charge in [-0.25, -0.2) is 9.78 Å². The number of benzene rings is 2. The average molecular weight is 536 g/mol. The summed E-state index contributed by atoms with van der Waals surface area (Å²) in [7, 11) is 0. The molecule has 0 radical (unpaired) electrons. The molecule has 2 aliphatic heterocycles. The molecule has 6 amide bonds. The van der Waals surface area contributed by atoms with Crippen LogP contribution in [0.1, 0.15) is 59.3 Å². The van der Waals surface area contributed by atoms with Crippen LogP contribution in [-0.4, -0.2) is 52.2 Å². The highest BCUT2D eigenvalue weighted by Gasteiger charge is 2.44. The zero-order valence-corrected chi connectivity index (χ0v) is 21.7. The number of amides is 6. The third kappa shape index (κ3) is 4.47. The average Bonchev–Trinajstić information content (AvgIpc) is 3.40. The number of imide groups is 2. The van der Waals surface area contributed by atoms with Gasteiger partial charge in [-0.3, -0.25) is 29.4 Å². The Morgan fingerprint density at radius 1 is 1.16 bits per heavy atom. The highest BCUT2D eigenvalue weighted by molar-refractivity contribution is 7.18. The minimum atomic E-state index is -1.06. The Hall–Kier alpha value is -4.32. The van der Waals surface area contributed by atoms with Crippen molar-refractivity contribution in [2.24, 2.45) is 0 Å². The van der Waals surface area contributed by atoms with Crippen LogP contribution in [0.4, 0.5) is 10.5 Å². The maximum absolute atomic E-state index is 13.0. The number of hydrogen-bond donors (Lipinski definition) is 3. The molecule has 1 aromatic heterocycles. The molecule has 1 saturated heterocycles. The number of hydrogen-bond acceptors (Lipinski definition) is 8. The van der Waals surface area contributed by atoms with E-state index < -0.39 is 41.2 Å². The van der Waals surface area contributed by atoms with Crippen molar-refractivity contribution in [1.29, 1.82) is 0 Å². The fourth-order valence-corrected chi connectivity index (χ4v) is 5.55. The van der Waals surface area contributed by atoms with Gasteiger partial charge in [-0.2, -0.15) is 0 Å². The Morgan fingerprint density at radius 3 is 2.66 bits per heavy atom. The lowest BCUT2D eigenvalue weighted by Crippen LogP contribution is -2.54. The fraction of sp³-hybridized carbons (Fsp3) is 0.308. The van der Waals surface area contributed by atoms with Crippen LogP contribution in [0.5, 0.6) is 5.75 Å².